The van der Waals surface area contributed by atoms with Gasteiger partial charge in [0.05, 0.1) is 39.2 Å². The van der Waals surface area contributed by atoms with Crippen molar-refractivity contribution in [3.8, 4) is 11.6 Å². The zero-order chi connectivity index (χ0) is 36.3. The number of nitrogens with zero attached hydrogens (tertiary/aromatic N) is 2. The van der Waals surface area contributed by atoms with E-state index in [1.165, 1.54) is 0 Å². The Morgan fingerprint density at radius 3 is 2.65 bits per heavy atom. The lowest BCUT2D eigenvalue weighted by molar-refractivity contribution is -0.155. The fourth-order valence-corrected chi connectivity index (χ4v) is 8.34. The van der Waals surface area contributed by atoms with Gasteiger partial charge < -0.3 is 29.2 Å². The SMILES string of the molecule is C=C[C@H]1C[C@]1(NC(=O)[C@@H]1C[C@@H]2CN1C(=O)[C@H](C1CCCCC1)CC(=O)OCC(C)(C)CCCc1cc3c(nccc3cc1OC)O2)C(=O)OCC. The molecule has 1 N–H and O–H groups in total. The van der Waals surface area contributed by atoms with Gasteiger partial charge in [-0.1, -0.05) is 39.2 Å². The van der Waals surface area contributed by atoms with Crippen molar-refractivity contribution in [1.82, 2.24) is 15.2 Å². The summed E-state index contributed by atoms with van der Waals surface area (Å²) in [7, 11) is 1.66. The summed E-state index contributed by atoms with van der Waals surface area (Å²) in [4.78, 5) is 61.8. The molecule has 11 heteroatoms. The van der Waals surface area contributed by atoms with E-state index >= 15 is 0 Å². The van der Waals surface area contributed by atoms with Gasteiger partial charge in [-0.2, -0.15) is 0 Å². The van der Waals surface area contributed by atoms with Crippen molar-refractivity contribution in [3.05, 3.63) is 42.6 Å². The van der Waals surface area contributed by atoms with E-state index in [0.29, 0.717) is 12.3 Å². The van der Waals surface area contributed by atoms with Crippen LogP contribution in [0, 0.1) is 23.2 Å². The average molecular weight is 704 g/mol. The number of hydrogen-bond acceptors (Lipinski definition) is 9. The highest BCUT2D eigenvalue weighted by atomic mass is 16.5. The number of pyridine rings is 1. The van der Waals surface area contributed by atoms with Gasteiger partial charge in [-0.05, 0) is 85.9 Å². The molecule has 2 aliphatic carbocycles. The summed E-state index contributed by atoms with van der Waals surface area (Å²) in [6, 6.07) is 5.02. The lowest BCUT2D eigenvalue weighted by Crippen LogP contribution is -2.54. The highest BCUT2D eigenvalue weighted by Crippen LogP contribution is 2.46. The van der Waals surface area contributed by atoms with E-state index in [4.69, 9.17) is 18.9 Å². The molecule has 3 fully saturated rings. The van der Waals surface area contributed by atoms with Crippen LogP contribution in [0.5, 0.6) is 11.6 Å². The summed E-state index contributed by atoms with van der Waals surface area (Å²) >= 11 is 0. The number of methoxy groups -OCH3 is 1. The summed E-state index contributed by atoms with van der Waals surface area (Å²) < 4.78 is 23.6. The summed E-state index contributed by atoms with van der Waals surface area (Å²) in [6.07, 6.45) is 10.4. The third kappa shape index (κ3) is 7.87. The predicted molar refractivity (Wildman–Crippen MR) is 191 cm³/mol. The molecule has 0 unspecified atom stereocenters. The Labute approximate surface area is 300 Å². The Morgan fingerprint density at radius 1 is 1.16 bits per heavy atom. The number of benzene rings is 1. The fraction of sp³-hybridized carbons (Fsp3) is 0.625. The van der Waals surface area contributed by atoms with Crippen LogP contribution in [0.2, 0.25) is 0 Å². The van der Waals surface area contributed by atoms with Crippen molar-refractivity contribution in [3.63, 3.8) is 0 Å². The minimum absolute atomic E-state index is 0.00586. The van der Waals surface area contributed by atoms with Crippen molar-refractivity contribution >= 4 is 34.5 Å². The van der Waals surface area contributed by atoms with E-state index < -0.39 is 41.4 Å². The van der Waals surface area contributed by atoms with E-state index in [9.17, 15) is 19.2 Å². The van der Waals surface area contributed by atoms with Crippen molar-refractivity contribution in [2.45, 2.75) is 109 Å². The Hall–Kier alpha value is -4.15. The largest absolute Gasteiger partial charge is 0.496 e. The van der Waals surface area contributed by atoms with Gasteiger partial charge in [0, 0.05) is 23.9 Å². The van der Waals surface area contributed by atoms with Crippen LogP contribution < -0.4 is 14.8 Å². The smallest absolute Gasteiger partial charge is 0.332 e. The van der Waals surface area contributed by atoms with Crippen LogP contribution in [-0.2, 0) is 35.1 Å². The standard InChI is InChI=1S/C40H53N3O8/c1-6-28-22-40(28,38(47)49-7-2)42-35(45)32-20-29-23-43(32)37(46)31(25-12-9-8-10-13-25)21-34(44)50-24-39(3,4)16-11-14-27-18-30-26(19-33(27)48-5)15-17-41-36(30)51-29/h6,15,17-19,25,28-29,31-32H,1,7-14,16,20-24H2,2-5H3,(H,42,45)/t28-,29+,31-,32-,40+/m0/s1. The molecular formula is C40H53N3O8. The fourth-order valence-electron chi connectivity index (χ4n) is 8.34. The Kier molecular flexibility index (Phi) is 10.9. The molecule has 1 aromatic carbocycles. The number of ether oxygens (including phenoxy) is 4. The van der Waals surface area contributed by atoms with Gasteiger partial charge in [0.25, 0.3) is 0 Å². The second kappa shape index (κ2) is 15.2. The molecule has 4 bridgehead atoms. The number of rotatable bonds is 7. The first-order valence-corrected chi connectivity index (χ1v) is 18.7. The van der Waals surface area contributed by atoms with Crippen molar-refractivity contribution in [2.75, 3.05) is 26.9 Å². The molecule has 0 radical (unpaired) electrons. The van der Waals surface area contributed by atoms with Crippen molar-refractivity contribution in [1.29, 1.82) is 0 Å². The molecule has 2 aliphatic heterocycles. The number of cyclic esters (lactones) is 1. The minimum atomic E-state index is -1.22. The second-order valence-corrected chi connectivity index (χ2v) is 15.6. The van der Waals surface area contributed by atoms with Gasteiger partial charge in [0.2, 0.25) is 17.7 Å². The molecule has 2 amide bonds. The number of amides is 2. The molecule has 1 aromatic heterocycles. The molecule has 2 saturated carbocycles. The topological polar surface area (TPSA) is 133 Å². The summed E-state index contributed by atoms with van der Waals surface area (Å²) in [5.41, 5.74) is -0.489. The molecule has 3 heterocycles. The zero-order valence-electron chi connectivity index (χ0n) is 30.5. The maximum atomic E-state index is 14.8. The lowest BCUT2D eigenvalue weighted by Gasteiger charge is -2.34. The van der Waals surface area contributed by atoms with Gasteiger partial charge in [0.1, 0.15) is 23.4 Å². The number of hydrogen-bond donors (Lipinski definition) is 1. The second-order valence-electron chi connectivity index (χ2n) is 15.6. The highest BCUT2D eigenvalue weighted by Gasteiger charge is 2.62. The predicted octanol–water partition coefficient (Wildman–Crippen LogP) is 5.71. The van der Waals surface area contributed by atoms with Crippen LogP contribution in [0.3, 0.4) is 0 Å². The molecule has 6 rings (SSSR count). The van der Waals surface area contributed by atoms with Crippen LogP contribution in [0.25, 0.3) is 10.8 Å². The van der Waals surface area contributed by atoms with Gasteiger partial charge >= 0.3 is 11.9 Å². The van der Waals surface area contributed by atoms with E-state index in [2.05, 4.69) is 36.8 Å². The molecule has 276 valence electrons. The molecule has 5 atom stereocenters. The van der Waals surface area contributed by atoms with Crippen LogP contribution in [-0.4, -0.2) is 78.2 Å². The van der Waals surface area contributed by atoms with Gasteiger partial charge in [-0.3, -0.25) is 14.4 Å². The zero-order valence-corrected chi connectivity index (χ0v) is 30.5. The highest BCUT2D eigenvalue weighted by molar-refractivity contribution is 5.96. The number of carbonyl (C=O) groups is 4. The van der Waals surface area contributed by atoms with E-state index in [1.807, 2.05) is 12.1 Å². The van der Waals surface area contributed by atoms with Crippen molar-refractivity contribution in [2.24, 2.45) is 23.2 Å². The number of esters is 2. The Morgan fingerprint density at radius 2 is 1.94 bits per heavy atom. The Bertz CT molecular complexity index is 1650. The minimum Gasteiger partial charge on any atom is -0.496 e. The number of nitrogens with one attached hydrogen (secondary N) is 1. The maximum absolute atomic E-state index is 14.8. The van der Waals surface area contributed by atoms with E-state index in [-0.39, 0.29) is 55.8 Å². The van der Waals surface area contributed by atoms with Crippen molar-refractivity contribution < 1.29 is 38.1 Å². The monoisotopic (exact) mass is 703 g/mol. The number of aryl methyl sites for hydroxylation is 1. The Balaban J connectivity index is 1.38. The molecule has 11 nitrogen and oxygen atoms in total. The number of fused-ring (bicyclic) bond motifs is 3. The number of carbonyl (C=O) groups excluding carboxylic acids is 4. The van der Waals surface area contributed by atoms with Gasteiger partial charge in [0.15, 0.2) is 0 Å². The van der Waals surface area contributed by atoms with E-state index in [0.717, 1.165) is 73.5 Å². The normalized spacial score (nSPS) is 28.6. The molecular weight excluding hydrogens is 650 g/mol. The molecule has 2 aromatic rings. The molecule has 51 heavy (non-hydrogen) atoms. The molecule has 1 saturated heterocycles. The van der Waals surface area contributed by atoms with Crippen LogP contribution in [0.1, 0.15) is 90.5 Å². The van der Waals surface area contributed by atoms with E-state index in [1.54, 1.807) is 31.2 Å². The summed E-state index contributed by atoms with van der Waals surface area (Å²) in [5.74, 6) is -1.36. The first-order chi connectivity index (χ1) is 24.5. The van der Waals surface area contributed by atoms with Crippen LogP contribution in [0.15, 0.2) is 37.1 Å². The average Bonchev–Trinajstić information content (AvgIpc) is 3.68. The first kappa shape index (κ1) is 36.6. The van der Waals surface area contributed by atoms with Gasteiger partial charge in [-0.25, -0.2) is 9.78 Å². The molecule has 4 aliphatic rings. The summed E-state index contributed by atoms with van der Waals surface area (Å²) in [6.45, 7) is 10.3. The van der Waals surface area contributed by atoms with Gasteiger partial charge in [-0.15, -0.1) is 6.58 Å². The molecule has 0 spiro atoms. The summed E-state index contributed by atoms with van der Waals surface area (Å²) in [5, 5.41) is 4.69. The van der Waals surface area contributed by atoms with Crippen LogP contribution in [0.4, 0.5) is 0 Å². The third-order valence-corrected chi connectivity index (χ3v) is 11.4. The van der Waals surface area contributed by atoms with Crippen LogP contribution >= 0.6 is 0 Å². The number of aromatic nitrogens is 1. The first-order valence-electron chi connectivity index (χ1n) is 18.7. The maximum Gasteiger partial charge on any atom is 0.332 e. The lowest BCUT2D eigenvalue weighted by atomic mass is 9.77. The third-order valence-electron chi connectivity index (χ3n) is 11.4. The quantitative estimate of drug-likeness (QED) is 0.285.